The molecule has 6 heteroatoms. The predicted octanol–water partition coefficient (Wildman–Crippen LogP) is 2.29. The Bertz CT molecular complexity index is 526. The lowest BCUT2D eigenvalue weighted by molar-refractivity contribution is -0.111. The lowest BCUT2D eigenvalue weighted by Gasteiger charge is -2.22. The number of rotatable bonds is 5. The smallest absolute Gasteiger partial charge is 0.261 e. The highest BCUT2D eigenvalue weighted by atomic mass is 32.2. The van der Waals surface area contributed by atoms with E-state index in [1.807, 2.05) is 6.92 Å². The SMILES string of the molecule is CCSC(=O)C[C@@H](CF)N1C(=O)c2ccccc2C1=O. The second kappa shape index (κ2) is 6.17. The van der Waals surface area contributed by atoms with E-state index in [0.717, 1.165) is 16.7 Å². The number of imide groups is 1. The molecule has 0 aliphatic carbocycles. The molecule has 1 atom stereocenters. The van der Waals surface area contributed by atoms with Gasteiger partial charge in [-0.1, -0.05) is 30.8 Å². The number of amides is 2. The van der Waals surface area contributed by atoms with Crippen LogP contribution in [-0.4, -0.2) is 40.3 Å². The molecule has 1 aromatic rings. The van der Waals surface area contributed by atoms with Gasteiger partial charge in [0.05, 0.1) is 17.2 Å². The molecule has 106 valence electrons. The minimum absolute atomic E-state index is 0.152. The van der Waals surface area contributed by atoms with E-state index in [0.29, 0.717) is 5.75 Å². The van der Waals surface area contributed by atoms with E-state index in [9.17, 15) is 18.8 Å². The number of alkyl halides is 1. The zero-order chi connectivity index (χ0) is 14.7. The monoisotopic (exact) mass is 295 g/mol. The van der Waals surface area contributed by atoms with Crippen LogP contribution < -0.4 is 0 Å². The van der Waals surface area contributed by atoms with Crippen LogP contribution in [-0.2, 0) is 4.79 Å². The third-order valence-electron chi connectivity index (χ3n) is 3.08. The fourth-order valence-corrected chi connectivity index (χ4v) is 2.80. The van der Waals surface area contributed by atoms with Crippen molar-refractivity contribution in [2.24, 2.45) is 0 Å². The minimum atomic E-state index is -1.02. The lowest BCUT2D eigenvalue weighted by atomic mass is 10.1. The van der Waals surface area contributed by atoms with Gasteiger partial charge in [-0.3, -0.25) is 19.3 Å². The summed E-state index contributed by atoms with van der Waals surface area (Å²) in [5.74, 6) is -0.468. The standard InChI is InChI=1S/C14H14FNO3S/c1-2-20-12(17)7-9(8-15)16-13(18)10-5-3-4-6-11(10)14(16)19/h3-6,9H,2,7-8H2,1H3/t9-/m0/s1. The highest BCUT2D eigenvalue weighted by Crippen LogP contribution is 2.26. The Balaban J connectivity index is 2.22. The normalized spacial score (nSPS) is 15.4. The number of fused-ring (bicyclic) bond motifs is 1. The Labute approximate surface area is 120 Å². The van der Waals surface area contributed by atoms with Gasteiger partial charge in [0.2, 0.25) is 0 Å². The van der Waals surface area contributed by atoms with E-state index >= 15 is 0 Å². The van der Waals surface area contributed by atoms with Gasteiger partial charge in [-0.15, -0.1) is 0 Å². The molecule has 0 fully saturated rings. The Morgan fingerprint density at radius 3 is 2.25 bits per heavy atom. The van der Waals surface area contributed by atoms with Crippen LogP contribution >= 0.6 is 11.8 Å². The molecule has 0 spiro atoms. The van der Waals surface area contributed by atoms with Crippen LogP contribution in [0.25, 0.3) is 0 Å². The molecule has 0 saturated carbocycles. The van der Waals surface area contributed by atoms with Gasteiger partial charge in [-0.2, -0.15) is 0 Å². The van der Waals surface area contributed by atoms with E-state index in [4.69, 9.17) is 0 Å². The maximum atomic E-state index is 13.2. The molecule has 1 heterocycles. The second-order valence-electron chi connectivity index (χ2n) is 4.34. The van der Waals surface area contributed by atoms with E-state index in [2.05, 4.69) is 0 Å². The molecule has 1 aromatic carbocycles. The third kappa shape index (κ3) is 2.60. The number of carbonyl (C=O) groups excluding carboxylic acids is 3. The van der Waals surface area contributed by atoms with Gasteiger partial charge in [-0.05, 0) is 17.9 Å². The van der Waals surface area contributed by atoms with Crippen LogP contribution in [0.3, 0.4) is 0 Å². The molecule has 20 heavy (non-hydrogen) atoms. The molecule has 1 aliphatic heterocycles. The summed E-state index contributed by atoms with van der Waals surface area (Å²) >= 11 is 1.07. The van der Waals surface area contributed by atoms with Crippen LogP contribution in [0.1, 0.15) is 34.1 Å². The van der Waals surface area contributed by atoms with Crippen molar-refractivity contribution >= 4 is 28.7 Å². The van der Waals surface area contributed by atoms with Crippen molar-refractivity contribution in [3.05, 3.63) is 35.4 Å². The summed E-state index contributed by atoms with van der Waals surface area (Å²) in [6.45, 7) is 0.899. The van der Waals surface area contributed by atoms with Gasteiger partial charge < -0.3 is 0 Å². The molecule has 0 saturated heterocycles. The van der Waals surface area contributed by atoms with Gasteiger partial charge in [-0.25, -0.2) is 4.39 Å². The van der Waals surface area contributed by atoms with Gasteiger partial charge in [0, 0.05) is 6.42 Å². The zero-order valence-corrected chi connectivity index (χ0v) is 11.8. The molecule has 0 bridgehead atoms. The molecule has 1 aliphatic rings. The van der Waals surface area contributed by atoms with E-state index in [1.165, 1.54) is 12.1 Å². The van der Waals surface area contributed by atoms with Crippen molar-refractivity contribution in [1.82, 2.24) is 4.90 Å². The number of hydrogen-bond donors (Lipinski definition) is 0. The van der Waals surface area contributed by atoms with Crippen LogP contribution in [0.4, 0.5) is 4.39 Å². The number of carbonyl (C=O) groups is 3. The predicted molar refractivity (Wildman–Crippen MR) is 74.5 cm³/mol. The Morgan fingerprint density at radius 1 is 1.25 bits per heavy atom. The number of hydrogen-bond acceptors (Lipinski definition) is 4. The average molecular weight is 295 g/mol. The fourth-order valence-electron chi connectivity index (χ4n) is 2.17. The van der Waals surface area contributed by atoms with E-state index in [-0.39, 0.29) is 22.7 Å². The quantitative estimate of drug-likeness (QED) is 0.782. The summed E-state index contributed by atoms with van der Waals surface area (Å²) in [5.41, 5.74) is 0.540. The second-order valence-corrected chi connectivity index (χ2v) is 5.66. The molecule has 0 unspecified atom stereocenters. The molecule has 4 nitrogen and oxygen atoms in total. The number of thioether (sulfide) groups is 1. The van der Waals surface area contributed by atoms with Crippen LogP contribution in [0, 0.1) is 0 Å². The van der Waals surface area contributed by atoms with Gasteiger partial charge in [0.15, 0.2) is 5.12 Å². The van der Waals surface area contributed by atoms with Gasteiger partial charge in [0.1, 0.15) is 6.67 Å². The van der Waals surface area contributed by atoms with Crippen molar-refractivity contribution in [2.45, 2.75) is 19.4 Å². The number of halogens is 1. The van der Waals surface area contributed by atoms with Crippen molar-refractivity contribution in [3.8, 4) is 0 Å². The van der Waals surface area contributed by atoms with Crippen LogP contribution in [0.15, 0.2) is 24.3 Å². The third-order valence-corrected chi connectivity index (χ3v) is 3.85. The fraction of sp³-hybridized carbons (Fsp3) is 0.357. The summed E-state index contributed by atoms with van der Waals surface area (Å²) in [4.78, 5) is 36.8. The molecule has 2 amide bonds. The van der Waals surface area contributed by atoms with Crippen molar-refractivity contribution in [1.29, 1.82) is 0 Å². The van der Waals surface area contributed by atoms with Crippen molar-refractivity contribution in [2.75, 3.05) is 12.4 Å². The molecular formula is C14H14FNO3S. The van der Waals surface area contributed by atoms with Gasteiger partial charge in [0.25, 0.3) is 11.8 Å². The van der Waals surface area contributed by atoms with Crippen molar-refractivity contribution < 1.29 is 18.8 Å². The Morgan fingerprint density at radius 2 is 1.80 bits per heavy atom. The topological polar surface area (TPSA) is 54.5 Å². The number of benzene rings is 1. The average Bonchev–Trinajstić information content (AvgIpc) is 2.70. The van der Waals surface area contributed by atoms with E-state index in [1.54, 1.807) is 12.1 Å². The minimum Gasteiger partial charge on any atom is -0.287 e. The Kier molecular flexibility index (Phi) is 4.54. The van der Waals surface area contributed by atoms with Crippen LogP contribution in [0.5, 0.6) is 0 Å². The molecule has 2 rings (SSSR count). The van der Waals surface area contributed by atoms with Crippen molar-refractivity contribution in [3.63, 3.8) is 0 Å². The first-order valence-corrected chi connectivity index (χ1v) is 7.27. The highest BCUT2D eigenvalue weighted by Gasteiger charge is 2.40. The zero-order valence-electron chi connectivity index (χ0n) is 11.0. The summed E-state index contributed by atoms with van der Waals surface area (Å²) in [6.07, 6.45) is -0.152. The molecule has 0 N–H and O–H groups in total. The van der Waals surface area contributed by atoms with Gasteiger partial charge >= 0.3 is 0 Å². The first kappa shape index (κ1) is 14.7. The summed E-state index contributed by atoms with van der Waals surface area (Å²) in [7, 11) is 0. The maximum Gasteiger partial charge on any atom is 0.261 e. The molecule has 0 aromatic heterocycles. The van der Waals surface area contributed by atoms with Crippen LogP contribution in [0.2, 0.25) is 0 Å². The summed E-state index contributed by atoms with van der Waals surface area (Å²) in [6, 6.07) is 5.35. The molecule has 0 radical (unpaired) electrons. The summed E-state index contributed by atoms with van der Waals surface area (Å²) in [5, 5.41) is -0.216. The largest absolute Gasteiger partial charge is 0.287 e. The van der Waals surface area contributed by atoms with E-state index < -0.39 is 24.5 Å². The highest BCUT2D eigenvalue weighted by molar-refractivity contribution is 8.13. The first-order valence-electron chi connectivity index (χ1n) is 6.28. The number of nitrogens with zero attached hydrogens (tertiary/aromatic N) is 1. The maximum absolute atomic E-state index is 13.2. The molecular weight excluding hydrogens is 281 g/mol. The lowest BCUT2D eigenvalue weighted by Crippen LogP contribution is -2.42. The summed E-state index contributed by atoms with van der Waals surface area (Å²) < 4.78 is 13.2. The first-order chi connectivity index (χ1) is 9.60. The Hall–Kier alpha value is -1.69.